The molecule has 0 saturated heterocycles. The van der Waals surface area contributed by atoms with Gasteiger partial charge in [-0.05, 0) is 18.2 Å². The van der Waals surface area contributed by atoms with Crippen molar-refractivity contribution in [2.45, 2.75) is 0 Å². The van der Waals surface area contributed by atoms with Crippen LogP contribution in [0.3, 0.4) is 0 Å². The Morgan fingerprint density at radius 2 is 2.06 bits per heavy atom. The fourth-order valence-corrected chi connectivity index (χ4v) is 1.15. The summed E-state index contributed by atoms with van der Waals surface area (Å²) in [6.07, 6.45) is 0. The van der Waals surface area contributed by atoms with Crippen LogP contribution in [-0.2, 0) is 9.47 Å². The molecule has 0 atom stereocenters. The van der Waals surface area contributed by atoms with Gasteiger partial charge in [0.05, 0.1) is 19.3 Å². The number of benzene rings is 1. The van der Waals surface area contributed by atoms with Crippen LogP contribution in [0.15, 0.2) is 18.2 Å². The summed E-state index contributed by atoms with van der Waals surface area (Å²) in [6.45, 7) is 0.902. The maximum Gasteiger partial charge on any atom is 0.340 e. The minimum absolute atomic E-state index is 0.303. The lowest BCUT2D eigenvalue weighted by Gasteiger charge is -2.08. The van der Waals surface area contributed by atoms with E-state index in [4.69, 9.17) is 15.2 Å². The first-order valence-corrected chi connectivity index (χ1v) is 4.78. The third kappa shape index (κ3) is 3.13. The van der Waals surface area contributed by atoms with E-state index in [-0.39, 0.29) is 0 Å². The average Bonchev–Trinajstić information content (AvgIpc) is 2.30. The molecule has 0 aliphatic heterocycles. The molecule has 1 aromatic carbocycles. The third-order valence-electron chi connectivity index (χ3n) is 1.99. The van der Waals surface area contributed by atoms with E-state index in [0.717, 1.165) is 0 Å². The highest BCUT2D eigenvalue weighted by Crippen LogP contribution is 2.20. The maximum absolute atomic E-state index is 11.3. The van der Waals surface area contributed by atoms with E-state index in [1.165, 1.54) is 7.11 Å². The van der Waals surface area contributed by atoms with Gasteiger partial charge >= 0.3 is 5.97 Å². The number of anilines is 1. The van der Waals surface area contributed by atoms with Gasteiger partial charge in [0, 0.05) is 12.8 Å². The Morgan fingerprint density at radius 3 is 2.69 bits per heavy atom. The fraction of sp³-hybridized carbons (Fsp3) is 0.364. The van der Waals surface area contributed by atoms with Crippen LogP contribution in [0.2, 0.25) is 0 Å². The highest BCUT2D eigenvalue weighted by Gasteiger charge is 2.10. The van der Waals surface area contributed by atoms with Crippen LogP contribution in [0.25, 0.3) is 0 Å². The van der Waals surface area contributed by atoms with Crippen LogP contribution in [0.5, 0.6) is 5.75 Å². The van der Waals surface area contributed by atoms with Gasteiger partial charge in [-0.25, -0.2) is 4.79 Å². The minimum atomic E-state index is -0.477. The van der Waals surface area contributed by atoms with Crippen molar-refractivity contribution in [3.63, 3.8) is 0 Å². The summed E-state index contributed by atoms with van der Waals surface area (Å²) in [5.41, 5.74) is 6.31. The van der Waals surface area contributed by atoms with E-state index >= 15 is 0 Å². The lowest BCUT2D eigenvalue weighted by atomic mass is 10.2. The van der Waals surface area contributed by atoms with Gasteiger partial charge in [0.25, 0.3) is 0 Å². The number of carbonyl (C=O) groups is 1. The van der Waals surface area contributed by atoms with Crippen LogP contribution >= 0.6 is 0 Å². The van der Waals surface area contributed by atoms with Crippen LogP contribution in [0.1, 0.15) is 10.4 Å². The number of esters is 1. The molecular weight excluding hydrogens is 210 g/mol. The van der Waals surface area contributed by atoms with Crippen molar-refractivity contribution in [2.75, 3.05) is 33.2 Å². The number of hydrogen-bond acceptors (Lipinski definition) is 5. The molecule has 0 bridgehead atoms. The number of ether oxygens (including phenoxy) is 3. The van der Waals surface area contributed by atoms with Gasteiger partial charge in [0.1, 0.15) is 12.4 Å². The highest BCUT2D eigenvalue weighted by molar-refractivity contribution is 5.95. The molecule has 16 heavy (non-hydrogen) atoms. The number of hydrogen-bond donors (Lipinski definition) is 1. The molecule has 0 aromatic heterocycles. The number of nitrogens with two attached hydrogens (primary N) is 1. The second kappa shape index (κ2) is 5.97. The summed E-state index contributed by atoms with van der Waals surface area (Å²) < 4.78 is 14.8. The monoisotopic (exact) mass is 225 g/mol. The van der Waals surface area contributed by atoms with Gasteiger partial charge in [-0.2, -0.15) is 0 Å². The Balaban J connectivity index is 2.77. The molecule has 0 aliphatic carbocycles. The smallest absolute Gasteiger partial charge is 0.340 e. The number of methoxy groups -OCH3 is 2. The van der Waals surface area contributed by atoms with E-state index in [9.17, 15) is 4.79 Å². The standard InChI is InChI=1S/C11H15NO4/c1-14-5-6-16-8-3-4-10(12)9(7-8)11(13)15-2/h3-4,7H,5-6,12H2,1-2H3. The summed E-state index contributed by atoms with van der Waals surface area (Å²) in [5.74, 6) is 0.0846. The van der Waals surface area contributed by atoms with Crippen LogP contribution < -0.4 is 10.5 Å². The molecule has 2 N–H and O–H groups in total. The van der Waals surface area contributed by atoms with E-state index in [0.29, 0.717) is 30.2 Å². The van der Waals surface area contributed by atoms with E-state index < -0.39 is 5.97 Å². The van der Waals surface area contributed by atoms with Gasteiger partial charge in [-0.1, -0.05) is 0 Å². The van der Waals surface area contributed by atoms with Crippen LogP contribution in [0, 0.1) is 0 Å². The van der Waals surface area contributed by atoms with Gasteiger partial charge in [-0.3, -0.25) is 0 Å². The first-order chi connectivity index (χ1) is 7.69. The number of nitrogen functional groups attached to an aromatic ring is 1. The Kier molecular flexibility index (Phi) is 4.60. The van der Waals surface area contributed by atoms with E-state index in [1.807, 2.05) is 0 Å². The van der Waals surface area contributed by atoms with Crippen molar-refractivity contribution in [1.29, 1.82) is 0 Å². The molecule has 0 fully saturated rings. The summed E-state index contributed by atoms with van der Waals surface area (Å²) in [4.78, 5) is 11.3. The molecule has 1 rings (SSSR count). The van der Waals surface area contributed by atoms with Gasteiger partial charge in [0.2, 0.25) is 0 Å². The normalized spacial score (nSPS) is 9.88. The van der Waals surface area contributed by atoms with Crippen molar-refractivity contribution >= 4 is 11.7 Å². The zero-order chi connectivity index (χ0) is 12.0. The predicted molar refractivity (Wildman–Crippen MR) is 59.6 cm³/mol. The quantitative estimate of drug-likeness (QED) is 0.461. The second-order valence-electron chi connectivity index (χ2n) is 3.08. The molecule has 88 valence electrons. The van der Waals surface area contributed by atoms with Crippen molar-refractivity contribution in [3.05, 3.63) is 23.8 Å². The zero-order valence-electron chi connectivity index (χ0n) is 9.36. The molecule has 0 saturated carbocycles. The Hall–Kier alpha value is -1.75. The summed E-state index contributed by atoms with van der Waals surface area (Å²) in [7, 11) is 2.90. The van der Waals surface area contributed by atoms with E-state index in [1.54, 1.807) is 25.3 Å². The van der Waals surface area contributed by atoms with Crippen LogP contribution in [-0.4, -0.2) is 33.4 Å². The van der Waals surface area contributed by atoms with Crippen LogP contribution in [0.4, 0.5) is 5.69 Å². The first-order valence-electron chi connectivity index (χ1n) is 4.78. The zero-order valence-corrected chi connectivity index (χ0v) is 9.36. The molecule has 0 aliphatic rings. The molecule has 0 radical (unpaired) electrons. The SMILES string of the molecule is COCCOc1ccc(N)c(C(=O)OC)c1. The number of carbonyl (C=O) groups excluding carboxylic acids is 1. The highest BCUT2D eigenvalue weighted by atomic mass is 16.5. The maximum atomic E-state index is 11.3. The van der Waals surface area contributed by atoms with Crippen molar-refractivity contribution in [1.82, 2.24) is 0 Å². The first kappa shape index (κ1) is 12.3. The molecule has 0 unspecified atom stereocenters. The Labute approximate surface area is 94.1 Å². The second-order valence-corrected chi connectivity index (χ2v) is 3.08. The summed E-state index contributed by atoms with van der Waals surface area (Å²) in [5, 5.41) is 0. The van der Waals surface area contributed by atoms with Gasteiger partial charge < -0.3 is 19.9 Å². The van der Waals surface area contributed by atoms with Crippen molar-refractivity contribution in [2.24, 2.45) is 0 Å². The fourth-order valence-electron chi connectivity index (χ4n) is 1.15. The van der Waals surface area contributed by atoms with Gasteiger partial charge in [-0.15, -0.1) is 0 Å². The lowest BCUT2D eigenvalue weighted by Crippen LogP contribution is -2.08. The molecular formula is C11H15NO4. The average molecular weight is 225 g/mol. The summed E-state index contributed by atoms with van der Waals surface area (Å²) in [6, 6.07) is 4.85. The topological polar surface area (TPSA) is 70.8 Å². The van der Waals surface area contributed by atoms with Crippen molar-refractivity contribution < 1.29 is 19.0 Å². The third-order valence-corrected chi connectivity index (χ3v) is 1.99. The molecule has 0 amide bonds. The largest absolute Gasteiger partial charge is 0.491 e. The molecule has 5 nitrogen and oxygen atoms in total. The number of rotatable bonds is 5. The molecule has 1 aromatic rings. The Bertz CT molecular complexity index is 365. The lowest BCUT2D eigenvalue weighted by molar-refractivity contribution is 0.0601. The minimum Gasteiger partial charge on any atom is -0.491 e. The molecule has 5 heteroatoms. The molecule has 0 heterocycles. The van der Waals surface area contributed by atoms with Crippen molar-refractivity contribution in [3.8, 4) is 5.75 Å². The summed E-state index contributed by atoms with van der Waals surface area (Å²) >= 11 is 0. The Morgan fingerprint density at radius 1 is 1.31 bits per heavy atom. The molecule has 0 spiro atoms. The van der Waals surface area contributed by atoms with Gasteiger partial charge in [0.15, 0.2) is 0 Å². The predicted octanol–water partition coefficient (Wildman–Crippen LogP) is 1.08. The van der Waals surface area contributed by atoms with E-state index in [2.05, 4.69) is 4.74 Å².